The van der Waals surface area contributed by atoms with Gasteiger partial charge in [-0.25, -0.2) is 0 Å². The first-order valence-corrected chi connectivity index (χ1v) is 7.19. The number of nitrogens with two attached hydrogens (primary N) is 1. The van der Waals surface area contributed by atoms with Crippen molar-refractivity contribution in [3.8, 4) is 0 Å². The summed E-state index contributed by atoms with van der Waals surface area (Å²) in [6.07, 6.45) is -0.371. The van der Waals surface area contributed by atoms with Crippen LogP contribution in [0.1, 0.15) is 26.3 Å². The highest BCUT2D eigenvalue weighted by Gasteiger charge is 2.41. The number of carbonyl (C=O) groups excluding carboxylic acids is 1. The van der Waals surface area contributed by atoms with Crippen LogP contribution < -0.4 is 5.73 Å². The van der Waals surface area contributed by atoms with E-state index in [9.17, 15) is 9.90 Å². The summed E-state index contributed by atoms with van der Waals surface area (Å²) in [5, 5.41) is 9.35. The van der Waals surface area contributed by atoms with Crippen molar-refractivity contribution in [2.45, 2.75) is 38.0 Å². The number of nitrogens with zero attached hydrogens (tertiary/aromatic N) is 1. The van der Waals surface area contributed by atoms with Gasteiger partial charge >= 0.3 is 0 Å². The average Bonchev–Trinajstić information content (AvgIpc) is 2.45. The van der Waals surface area contributed by atoms with Gasteiger partial charge in [-0.3, -0.25) is 4.79 Å². The fourth-order valence-corrected chi connectivity index (χ4v) is 2.78. The van der Waals surface area contributed by atoms with Crippen LogP contribution in [-0.2, 0) is 15.1 Å². The quantitative estimate of drug-likeness (QED) is 0.866. The molecule has 21 heavy (non-hydrogen) atoms. The van der Waals surface area contributed by atoms with Crippen LogP contribution in [0.2, 0.25) is 0 Å². The van der Waals surface area contributed by atoms with Crippen LogP contribution in [0.4, 0.5) is 0 Å². The summed E-state index contributed by atoms with van der Waals surface area (Å²) in [7, 11) is 0. The summed E-state index contributed by atoms with van der Waals surface area (Å²) >= 11 is 0. The van der Waals surface area contributed by atoms with Gasteiger partial charge in [0.05, 0.1) is 18.3 Å². The monoisotopic (exact) mass is 292 g/mol. The minimum atomic E-state index is -1.09. The standard InChI is InChI=1S/C16H24N2O3/c1-15(2)11-18(9-13(10-19)21-15)14(20)16(3,17)12-7-5-4-6-8-12/h4-8,13,19H,9-11,17H2,1-3H3. The highest BCUT2D eigenvalue weighted by Crippen LogP contribution is 2.26. The minimum Gasteiger partial charge on any atom is -0.394 e. The van der Waals surface area contributed by atoms with Gasteiger partial charge in [0.1, 0.15) is 5.54 Å². The number of ether oxygens (including phenoxy) is 1. The third kappa shape index (κ3) is 3.43. The fourth-order valence-electron chi connectivity index (χ4n) is 2.78. The molecule has 2 rings (SSSR count). The zero-order chi connectivity index (χ0) is 15.7. The first-order chi connectivity index (χ1) is 9.76. The number of carbonyl (C=O) groups is 1. The second-order valence-corrected chi connectivity index (χ2v) is 6.44. The molecule has 5 nitrogen and oxygen atoms in total. The second kappa shape index (κ2) is 5.75. The lowest BCUT2D eigenvalue weighted by atomic mass is 9.90. The van der Waals surface area contributed by atoms with Crippen LogP contribution in [-0.4, -0.2) is 47.3 Å². The van der Waals surface area contributed by atoms with Crippen molar-refractivity contribution in [3.63, 3.8) is 0 Å². The lowest BCUT2D eigenvalue weighted by molar-refractivity contribution is -0.170. The summed E-state index contributed by atoms with van der Waals surface area (Å²) in [6.45, 7) is 6.25. The third-order valence-electron chi connectivity index (χ3n) is 3.79. The van der Waals surface area contributed by atoms with E-state index >= 15 is 0 Å². The van der Waals surface area contributed by atoms with E-state index in [1.807, 2.05) is 44.2 Å². The van der Waals surface area contributed by atoms with Crippen LogP contribution >= 0.6 is 0 Å². The summed E-state index contributed by atoms with van der Waals surface area (Å²) in [5.41, 5.74) is 5.49. The van der Waals surface area contributed by atoms with Gasteiger partial charge in [-0.2, -0.15) is 0 Å². The fraction of sp³-hybridized carbons (Fsp3) is 0.562. The number of benzene rings is 1. The Hall–Kier alpha value is -1.43. The molecule has 0 bridgehead atoms. The van der Waals surface area contributed by atoms with E-state index in [2.05, 4.69) is 0 Å². The molecule has 0 saturated carbocycles. The van der Waals surface area contributed by atoms with Crippen molar-refractivity contribution < 1.29 is 14.6 Å². The largest absolute Gasteiger partial charge is 0.394 e. The molecule has 2 atom stereocenters. The number of rotatable bonds is 3. The molecule has 1 aliphatic heterocycles. The van der Waals surface area contributed by atoms with E-state index in [0.29, 0.717) is 13.1 Å². The predicted molar refractivity (Wildman–Crippen MR) is 80.6 cm³/mol. The number of hydrogen-bond donors (Lipinski definition) is 2. The molecule has 0 aliphatic carbocycles. The number of amides is 1. The molecule has 2 unspecified atom stereocenters. The van der Waals surface area contributed by atoms with Crippen molar-refractivity contribution in [1.82, 2.24) is 4.90 Å². The molecule has 5 heteroatoms. The molecule has 1 amide bonds. The van der Waals surface area contributed by atoms with Gasteiger partial charge in [-0.1, -0.05) is 30.3 Å². The zero-order valence-electron chi connectivity index (χ0n) is 12.9. The molecule has 0 aromatic heterocycles. The smallest absolute Gasteiger partial charge is 0.247 e. The minimum absolute atomic E-state index is 0.111. The molecule has 1 aliphatic rings. The molecule has 1 fully saturated rings. The zero-order valence-corrected chi connectivity index (χ0v) is 12.9. The maximum absolute atomic E-state index is 12.8. The molecule has 0 spiro atoms. The van der Waals surface area contributed by atoms with Gasteiger partial charge in [-0.05, 0) is 26.3 Å². The maximum atomic E-state index is 12.8. The second-order valence-electron chi connectivity index (χ2n) is 6.44. The van der Waals surface area contributed by atoms with E-state index < -0.39 is 11.1 Å². The Morgan fingerprint density at radius 1 is 1.48 bits per heavy atom. The van der Waals surface area contributed by atoms with Crippen LogP contribution in [0.5, 0.6) is 0 Å². The normalized spacial score (nSPS) is 24.4. The molecule has 0 radical (unpaired) electrons. The number of aliphatic hydroxyl groups excluding tert-OH is 1. The molecular weight excluding hydrogens is 268 g/mol. The van der Waals surface area contributed by atoms with Gasteiger partial charge in [0.15, 0.2) is 0 Å². The summed E-state index contributed by atoms with van der Waals surface area (Å²) < 4.78 is 5.74. The van der Waals surface area contributed by atoms with Crippen molar-refractivity contribution in [2.75, 3.05) is 19.7 Å². The average molecular weight is 292 g/mol. The first-order valence-electron chi connectivity index (χ1n) is 7.19. The van der Waals surface area contributed by atoms with Gasteiger partial charge in [0, 0.05) is 13.1 Å². The number of aliphatic hydroxyl groups is 1. The van der Waals surface area contributed by atoms with E-state index in [1.54, 1.807) is 11.8 Å². The Kier molecular flexibility index (Phi) is 4.37. The van der Waals surface area contributed by atoms with Crippen LogP contribution in [0.15, 0.2) is 30.3 Å². The molecule has 1 aromatic carbocycles. The van der Waals surface area contributed by atoms with Gasteiger partial charge in [0.25, 0.3) is 0 Å². The van der Waals surface area contributed by atoms with Gasteiger partial charge < -0.3 is 20.5 Å². The third-order valence-corrected chi connectivity index (χ3v) is 3.79. The van der Waals surface area contributed by atoms with Crippen LogP contribution in [0.3, 0.4) is 0 Å². The number of morpholine rings is 1. The van der Waals surface area contributed by atoms with E-state index in [-0.39, 0.29) is 18.6 Å². The SMILES string of the molecule is CC1(C)CN(C(=O)C(C)(N)c2ccccc2)CC(CO)O1. The van der Waals surface area contributed by atoms with Crippen LogP contribution in [0.25, 0.3) is 0 Å². The summed E-state index contributed by atoms with van der Waals surface area (Å²) in [5.74, 6) is -0.150. The predicted octanol–water partition coefficient (Wildman–Crippen LogP) is 0.859. The topological polar surface area (TPSA) is 75.8 Å². The highest BCUT2D eigenvalue weighted by atomic mass is 16.5. The summed E-state index contributed by atoms with van der Waals surface area (Å²) in [4.78, 5) is 14.5. The van der Waals surface area contributed by atoms with Gasteiger partial charge in [0.2, 0.25) is 5.91 Å². The maximum Gasteiger partial charge on any atom is 0.247 e. The molecular formula is C16H24N2O3. The molecule has 1 aromatic rings. The molecule has 1 heterocycles. The van der Waals surface area contributed by atoms with Crippen molar-refractivity contribution in [3.05, 3.63) is 35.9 Å². The van der Waals surface area contributed by atoms with E-state index in [4.69, 9.17) is 10.5 Å². The number of hydrogen-bond acceptors (Lipinski definition) is 4. The lowest BCUT2D eigenvalue weighted by Crippen LogP contribution is -2.60. The highest BCUT2D eigenvalue weighted by molar-refractivity contribution is 5.87. The van der Waals surface area contributed by atoms with Crippen molar-refractivity contribution >= 4 is 5.91 Å². The van der Waals surface area contributed by atoms with Crippen molar-refractivity contribution in [2.24, 2.45) is 5.73 Å². The van der Waals surface area contributed by atoms with Gasteiger partial charge in [-0.15, -0.1) is 0 Å². The van der Waals surface area contributed by atoms with Crippen LogP contribution in [0, 0.1) is 0 Å². The molecule has 1 saturated heterocycles. The van der Waals surface area contributed by atoms with Crippen molar-refractivity contribution in [1.29, 1.82) is 0 Å². The Labute approximate surface area is 125 Å². The Morgan fingerprint density at radius 3 is 2.67 bits per heavy atom. The Bertz CT molecular complexity index is 500. The Balaban J connectivity index is 2.22. The summed E-state index contributed by atoms with van der Waals surface area (Å²) in [6, 6.07) is 9.34. The van der Waals surface area contributed by atoms with E-state index in [1.165, 1.54) is 0 Å². The molecule has 3 N–H and O–H groups in total. The Morgan fingerprint density at radius 2 is 2.10 bits per heavy atom. The lowest BCUT2D eigenvalue weighted by Gasteiger charge is -2.44. The molecule has 116 valence electrons. The van der Waals surface area contributed by atoms with E-state index in [0.717, 1.165) is 5.56 Å². The first kappa shape index (κ1) is 15.9.